The number of nitrogens with two attached hydrogens (primary N) is 1. The van der Waals surface area contributed by atoms with Crippen molar-refractivity contribution in [3.63, 3.8) is 0 Å². The van der Waals surface area contributed by atoms with E-state index in [1.807, 2.05) is 87.2 Å². The number of aromatic nitrogens is 12. The van der Waals surface area contributed by atoms with Gasteiger partial charge in [0.15, 0.2) is 0 Å². The molecule has 0 radical (unpaired) electrons. The average Bonchev–Trinajstić information content (AvgIpc) is 4.21. The van der Waals surface area contributed by atoms with E-state index in [0.717, 1.165) is 46.5 Å². The number of aromatic amines is 4. The number of aryl methyl sites for hydroxylation is 3. The summed E-state index contributed by atoms with van der Waals surface area (Å²) in [5.74, 6) is 0. The number of nitrogens with one attached hydrogen (secondary N) is 4. The highest BCUT2D eigenvalue weighted by Crippen LogP contribution is 2.34. The summed E-state index contributed by atoms with van der Waals surface area (Å²) in [6.45, 7) is 15.0. The van der Waals surface area contributed by atoms with Gasteiger partial charge in [0, 0.05) is 157 Å². The second kappa shape index (κ2) is 19.4. The van der Waals surface area contributed by atoms with Crippen LogP contribution < -0.4 is 5.73 Å². The maximum Gasteiger partial charge on any atom is 0.0675 e. The molecule has 4 aromatic carbocycles. The Labute approximate surface area is 395 Å². The highest BCUT2D eigenvalue weighted by atomic mass is 15.3. The van der Waals surface area contributed by atoms with Crippen LogP contribution in [0.4, 0.5) is 0 Å². The first-order valence-electron chi connectivity index (χ1n) is 23.1. The quantitative estimate of drug-likeness (QED) is 0.107. The lowest BCUT2D eigenvalue weighted by atomic mass is 10.0. The van der Waals surface area contributed by atoms with E-state index in [9.17, 15) is 0 Å². The molecule has 13 nitrogen and oxygen atoms in total. The smallest absolute Gasteiger partial charge is 0.0675 e. The highest BCUT2D eigenvalue weighted by Gasteiger charge is 2.17. The Hall–Kier alpha value is -8.16. The molecular formula is C55H59N13. The van der Waals surface area contributed by atoms with Gasteiger partial charge < -0.3 is 25.7 Å². The van der Waals surface area contributed by atoms with Crippen LogP contribution in [0.2, 0.25) is 0 Å². The second-order valence-corrected chi connectivity index (χ2v) is 17.9. The molecule has 8 heterocycles. The van der Waals surface area contributed by atoms with Crippen LogP contribution in [0.1, 0.15) is 39.1 Å². The van der Waals surface area contributed by atoms with Crippen LogP contribution in [0.25, 0.3) is 88.1 Å². The Morgan fingerprint density at radius 2 is 0.971 bits per heavy atom. The third-order valence-electron chi connectivity index (χ3n) is 12.2. The van der Waals surface area contributed by atoms with Gasteiger partial charge in [-0.25, -0.2) is 0 Å². The zero-order chi connectivity index (χ0) is 47.4. The summed E-state index contributed by atoms with van der Waals surface area (Å²) in [4.78, 5) is 13.2. The van der Waals surface area contributed by atoms with Gasteiger partial charge in [-0.3, -0.25) is 18.7 Å². The number of H-pyrrole nitrogens is 4. The third-order valence-corrected chi connectivity index (χ3v) is 12.2. The van der Waals surface area contributed by atoms with Gasteiger partial charge in [-0.2, -0.15) is 20.4 Å². The first-order valence-corrected chi connectivity index (χ1v) is 23.1. The van der Waals surface area contributed by atoms with Crippen molar-refractivity contribution in [2.45, 2.75) is 60.2 Å². The number of hydrogen-bond donors (Lipinski definition) is 5. The van der Waals surface area contributed by atoms with Gasteiger partial charge >= 0.3 is 0 Å². The minimum atomic E-state index is 0.0182. The summed E-state index contributed by atoms with van der Waals surface area (Å²) in [7, 11) is 1.93. The normalized spacial score (nSPS) is 11.4. The van der Waals surface area contributed by atoms with E-state index in [1.54, 1.807) is 0 Å². The van der Waals surface area contributed by atoms with E-state index >= 15 is 0 Å². The lowest BCUT2D eigenvalue weighted by Gasteiger charge is -2.18. The monoisotopic (exact) mass is 902 g/mol. The van der Waals surface area contributed by atoms with Gasteiger partial charge in [0.25, 0.3) is 0 Å². The highest BCUT2D eigenvalue weighted by molar-refractivity contribution is 5.98. The van der Waals surface area contributed by atoms with Crippen LogP contribution in [-0.2, 0) is 25.7 Å². The van der Waals surface area contributed by atoms with Gasteiger partial charge in [0.05, 0.1) is 36.4 Å². The van der Waals surface area contributed by atoms with Crippen LogP contribution in [-0.4, -0.2) is 65.6 Å². The molecule has 344 valence electrons. The molecule has 8 aromatic heterocycles. The summed E-state index contributed by atoms with van der Waals surface area (Å²) in [6.07, 6.45) is 20.1. The molecule has 0 aliphatic carbocycles. The molecule has 0 atom stereocenters. The molecule has 12 aromatic rings. The number of nitrogens with zero attached hydrogens (tertiary/aromatic N) is 8. The molecule has 0 spiro atoms. The van der Waals surface area contributed by atoms with Gasteiger partial charge in [0.1, 0.15) is 0 Å². The third kappa shape index (κ3) is 9.29. The van der Waals surface area contributed by atoms with Crippen LogP contribution >= 0.6 is 0 Å². The molecule has 68 heavy (non-hydrogen) atoms. The largest absolute Gasteiger partial charge is 0.361 e. The zero-order valence-corrected chi connectivity index (χ0v) is 39.8. The topological polar surface area (TPSA) is 160 Å². The van der Waals surface area contributed by atoms with Crippen molar-refractivity contribution >= 4 is 43.6 Å². The van der Waals surface area contributed by atoms with Gasteiger partial charge in [-0.15, -0.1) is 0 Å². The maximum atomic E-state index is 5.63. The predicted octanol–water partition coefficient (Wildman–Crippen LogP) is 12.0. The Morgan fingerprint density at radius 3 is 1.40 bits per heavy atom. The molecule has 0 bridgehead atoms. The minimum Gasteiger partial charge on any atom is -0.361 e. The SMILES string of the molecule is CC(C)(C)n1cc(-c2c[nH]c3ccccc23)cn1.CCn1cc(-c2c[nH]c3ccccc23)cn1.Cc1nn(CCN)c(C)c1-c1c[nH]c2ccccc12.Cn1cc(-c2c[nH]c3ccccc23)cn1. The Balaban J connectivity index is 0.000000114. The van der Waals surface area contributed by atoms with Crippen LogP contribution in [0, 0.1) is 13.8 Å². The number of fused-ring (bicyclic) bond motifs is 4. The van der Waals surface area contributed by atoms with Crippen molar-refractivity contribution in [2.75, 3.05) is 6.54 Å². The van der Waals surface area contributed by atoms with Gasteiger partial charge in [-0.05, 0) is 65.8 Å². The molecule has 0 aliphatic heterocycles. The fraction of sp³-hybridized carbons (Fsp3) is 0.200. The molecule has 0 saturated carbocycles. The van der Waals surface area contributed by atoms with E-state index in [1.165, 1.54) is 66.1 Å². The first-order chi connectivity index (χ1) is 33.0. The Bertz CT molecular complexity index is 3570. The molecule has 0 fully saturated rings. The number of hydrogen-bond acceptors (Lipinski definition) is 5. The lowest BCUT2D eigenvalue weighted by molar-refractivity contribution is 0.355. The maximum absolute atomic E-state index is 5.63. The fourth-order valence-corrected chi connectivity index (χ4v) is 8.70. The number of rotatable bonds is 7. The van der Waals surface area contributed by atoms with Crippen molar-refractivity contribution in [1.29, 1.82) is 0 Å². The molecule has 0 amide bonds. The number of benzene rings is 4. The average molecular weight is 902 g/mol. The van der Waals surface area contributed by atoms with Crippen LogP contribution in [0.5, 0.6) is 0 Å². The van der Waals surface area contributed by atoms with E-state index in [4.69, 9.17) is 5.73 Å². The van der Waals surface area contributed by atoms with E-state index in [2.05, 4.69) is 179 Å². The fourth-order valence-electron chi connectivity index (χ4n) is 8.70. The molecular weight excluding hydrogens is 843 g/mol. The van der Waals surface area contributed by atoms with E-state index in [-0.39, 0.29) is 5.54 Å². The molecule has 0 unspecified atom stereocenters. The number of para-hydroxylation sites is 4. The van der Waals surface area contributed by atoms with Crippen molar-refractivity contribution < 1.29 is 0 Å². The van der Waals surface area contributed by atoms with Crippen molar-refractivity contribution in [2.24, 2.45) is 12.8 Å². The molecule has 0 saturated heterocycles. The van der Waals surface area contributed by atoms with Crippen molar-refractivity contribution in [1.82, 2.24) is 59.1 Å². The molecule has 0 aliphatic rings. The summed E-state index contributed by atoms with van der Waals surface area (Å²) in [5.41, 5.74) is 22.1. The Morgan fingerprint density at radius 1 is 0.544 bits per heavy atom. The van der Waals surface area contributed by atoms with E-state index in [0.29, 0.717) is 6.54 Å². The summed E-state index contributed by atoms with van der Waals surface area (Å²) >= 11 is 0. The first kappa shape index (κ1) is 45.0. The van der Waals surface area contributed by atoms with Crippen LogP contribution in [0.15, 0.2) is 159 Å². The summed E-state index contributed by atoms with van der Waals surface area (Å²) in [5, 5.41) is 22.5. The standard InChI is InChI=1S/C15H18N4.C15H17N3.C13H13N3.C12H11N3/c1-10-15(11(2)19(18-10)8-7-16)13-9-17-14-6-4-3-5-12(13)14;1-15(2,3)18-10-11(8-17-18)13-9-16-14-7-5-4-6-12(13)14;1-2-16-9-10(7-15-16)12-8-14-13-6-4-3-5-11(12)13;1-15-8-9(6-14-15)11-7-13-12-5-3-2-4-10(11)12/h3-6,9,17H,7-8,16H2,1-2H3;4-10,16H,1-3H3;3-9,14H,2H2,1H3;2-8,13H,1H3. The molecule has 13 heteroatoms. The zero-order valence-electron chi connectivity index (χ0n) is 39.8. The Kier molecular flexibility index (Phi) is 12.8. The predicted molar refractivity (Wildman–Crippen MR) is 278 cm³/mol. The summed E-state index contributed by atoms with van der Waals surface area (Å²) < 4.78 is 7.75. The van der Waals surface area contributed by atoms with Gasteiger partial charge in [-0.1, -0.05) is 72.8 Å². The second-order valence-electron chi connectivity index (χ2n) is 17.9. The minimum absolute atomic E-state index is 0.0182. The molecule has 12 rings (SSSR count). The molecule has 6 N–H and O–H groups in total. The van der Waals surface area contributed by atoms with Crippen molar-refractivity contribution in [3.05, 3.63) is 170 Å². The van der Waals surface area contributed by atoms with Crippen molar-refractivity contribution in [3.8, 4) is 44.5 Å². The van der Waals surface area contributed by atoms with E-state index < -0.39 is 0 Å². The van der Waals surface area contributed by atoms with Gasteiger partial charge in [0.2, 0.25) is 0 Å². The summed E-state index contributed by atoms with van der Waals surface area (Å²) in [6, 6.07) is 33.3. The lowest BCUT2D eigenvalue weighted by Crippen LogP contribution is -2.21. The van der Waals surface area contributed by atoms with Crippen LogP contribution in [0.3, 0.4) is 0 Å².